The van der Waals surface area contributed by atoms with Crippen LogP contribution in [0.2, 0.25) is 0 Å². The molecule has 0 spiro atoms. The Morgan fingerprint density at radius 3 is 2.82 bits per heavy atom. The van der Waals surface area contributed by atoms with Crippen molar-refractivity contribution in [2.45, 2.75) is 52.4 Å². The molecule has 0 fully saturated rings. The Labute approximate surface area is 108 Å². The molecule has 1 aliphatic carbocycles. The highest BCUT2D eigenvalue weighted by molar-refractivity contribution is 5.01. The van der Waals surface area contributed by atoms with Crippen LogP contribution in [0.4, 0.5) is 0 Å². The Balaban J connectivity index is 0.00000256. The first-order chi connectivity index (χ1) is 7.93. The zero-order valence-electron chi connectivity index (χ0n) is 10.3. The summed E-state index contributed by atoms with van der Waals surface area (Å²) in [6, 6.07) is 0. The molecule has 1 aliphatic rings. The number of hydrogen-bond donors (Lipinski definition) is 0. The smallest absolute Gasteiger partial charge is 0.0169 e. The first-order valence-corrected chi connectivity index (χ1v) is 6.51. The predicted molar refractivity (Wildman–Crippen MR) is 80.2 cm³/mol. The minimum atomic E-state index is 0. The van der Waals surface area contributed by atoms with E-state index in [2.05, 4.69) is 43.0 Å². The van der Waals surface area contributed by atoms with E-state index < -0.39 is 0 Å². The van der Waals surface area contributed by atoms with Gasteiger partial charge in [0.05, 0.1) is 0 Å². The second-order valence-corrected chi connectivity index (χ2v) is 4.40. The average molecular weight is 232 g/mol. The molecule has 0 nitrogen and oxygen atoms in total. The van der Waals surface area contributed by atoms with Crippen LogP contribution in [0, 0.1) is 5.92 Å². The predicted octanol–water partition coefficient (Wildman–Crippen LogP) is 5.84. The lowest BCUT2D eigenvalue weighted by Gasteiger charge is -2.10. The molecule has 0 aromatic rings. The highest BCUT2D eigenvalue weighted by atomic mass is 14.1. The summed E-state index contributed by atoms with van der Waals surface area (Å²) in [5.41, 5.74) is 0. The number of hydrogen-bond acceptors (Lipinski definition) is 0. The summed E-state index contributed by atoms with van der Waals surface area (Å²) in [5.74, 6) is 0.751. The fourth-order valence-corrected chi connectivity index (χ4v) is 1.94. The van der Waals surface area contributed by atoms with Crippen LogP contribution in [-0.4, -0.2) is 0 Å². The average Bonchev–Trinajstić information content (AvgIpc) is 2.25. The molecule has 0 heterocycles. The molecule has 0 heteroatoms. The van der Waals surface area contributed by atoms with Crippen LogP contribution in [-0.2, 0) is 0 Å². The zero-order chi connectivity index (χ0) is 11.5. The van der Waals surface area contributed by atoms with Gasteiger partial charge in [-0.2, -0.15) is 0 Å². The molecule has 0 radical (unpaired) electrons. The van der Waals surface area contributed by atoms with Crippen molar-refractivity contribution in [1.29, 1.82) is 0 Å². The molecule has 0 amide bonds. The van der Waals surface area contributed by atoms with E-state index in [1.165, 1.54) is 32.1 Å². The number of allylic oxidation sites excluding steroid dienone is 7. The van der Waals surface area contributed by atoms with Crippen molar-refractivity contribution in [3.8, 4) is 0 Å². The lowest BCUT2D eigenvalue weighted by Crippen LogP contribution is -1.95. The molecule has 17 heavy (non-hydrogen) atoms. The molecule has 0 aromatic heterocycles. The third-order valence-corrected chi connectivity index (χ3v) is 2.94. The second kappa shape index (κ2) is 11.4. The van der Waals surface area contributed by atoms with Gasteiger partial charge in [0.25, 0.3) is 0 Å². The van der Waals surface area contributed by atoms with Crippen LogP contribution in [0.15, 0.2) is 49.1 Å². The van der Waals surface area contributed by atoms with Crippen LogP contribution in [0.25, 0.3) is 0 Å². The van der Waals surface area contributed by atoms with Crippen molar-refractivity contribution >= 4 is 0 Å². The normalized spacial score (nSPS) is 19.6. The van der Waals surface area contributed by atoms with E-state index in [-0.39, 0.29) is 7.43 Å². The van der Waals surface area contributed by atoms with E-state index >= 15 is 0 Å². The van der Waals surface area contributed by atoms with Crippen molar-refractivity contribution in [3.63, 3.8) is 0 Å². The van der Waals surface area contributed by atoms with Crippen LogP contribution in [0.5, 0.6) is 0 Å². The van der Waals surface area contributed by atoms with Crippen LogP contribution in [0.3, 0.4) is 0 Å². The van der Waals surface area contributed by atoms with Gasteiger partial charge in [-0.1, -0.05) is 50.0 Å². The number of unbranched alkanes of at least 4 members (excludes halogenated alkanes) is 2. The lowest BCUT2D eigenvalue weighted by molar-refractivity contribution is 0.601. The van der Waals surface area contributed by atoms with Gasteiger partial charge < -0.3 is 0 Å². The van der Waals surface area contributed by atoms with Crippen LogP contribution < -0.4 is 0 Å². The molecule has 0 saturated carbocycles. The maximum Gasteiger partial charge on any atom is -0.0169 e. The third kappa shape index (κ3) is 8.74. The highest BCUT2D eigenvalue weighted by Crippen LogP contribution is 2.17. The first-order valence-electron chi connectivity index (χ1n) is 6.51. The maximum atomic E-state index is 3.73. The molecule has 1 unspecified atom stereocenters. The van der Waals surface area contributed by atoms with Crippen molar-refractivity contribution in [2.24, 2.45) is 5.92 Å². The van der Waals surface area contributed by atoms with E-state index in [4.69, 9.17) is 0 Å². The molecule has 0 aromatic carbocycles. The Morgan fingerprint density at radius 2 is 2.00 bits per heavy atom. The van der Waals surface area contributed by atoms with Gasteiger partial charge in [-0.25, -0.2) is 0 Å². The molecule has 96 valence electrons. The monoisotopic (exact) mass is 232 g/mol. The van der Waals surface area contributed by atoms with Gasteiger partial charge in [0, 0.05) is 0 Å². The standard InChI is InChI=1S/C16H24.CH4/c1-2-3-4-5-7-10-13-16-14-11-8-6-9-12-15-16;/h2,6-8,10,12,15-16H,1,3-5,9,11,13-14H2;1H4. The first kappa shape index (κ1) is 16.0. The molecule has 1 rings (SSSR count). The SMILES string of the molecule is C.C=CCCCC=CCC1C=CCC=CCC1. The van der Waals surface area contributed by atoms with E-state index in [1.54, 1.807) is 0 Å². The minimum Gasteiger partial charge on any atom is -0.103 e. The fraction of sp³-hybridized carbons (Fsp3) is 0.529. The summed E-state index contributed by atoms with van der Waals surface area (Å²) in [4.78, 5) is 0. The Bertz CT molecular complexity index is 255. The summed E-state index contributed by atoms with van der Waals surface area (Å²) >= 11 is 0. The van der Waals surface area contributed by atoms with Gasteiger partial charge in [-0.15, -0.1) is 6.58 Å². The van der Waals surface area contributed by atoms with Gasteiger partial charge >= 0.3 is 0 Å². The summed E-state index contributed by atoms with van der Waals surface area (Å²) in [7, 11) is 0. The Morgan fingerprint density at radius 1 is 1.12 bits per heavy atom. The molecule has 0 N–H and O–H groups in total. The summed E-state index contributed by atoms with van der Waals surface area (Å²) in [6.07, 6.45) is 24.4. The summed E-state index contributed by atoms with van der Waals surface area (Å²) in [5, 5.41) is 0. The van der Waals surface area contributed by atoms with E-state index in [1.807, 2.05) is 6.08 Å². The van der Waals surface area contributed by atoms with Gasteiger partial charge in [0.1, 0.15) is 0 Å². The molecule has 1 atom stereocenters. The van der Waals surface area contributed by atoms with Gasteiger partial charge in [-0.3, -0.25) is 0 Å². The van der Waals surface area contributed by atoms with Crippen molar-refractivity contribution in [1.82, 2.24) is 0 Å². The third-order valence-electron chi connectivity index (χ3n) is 2.94. The topological polar surface area (TPSA) is 0 Å². The molecule has 0 aliphatic heterocycles. The minimum absolute atomic E-state index is 0. The Hall–Kier alpha value is -1.04. The quantitative estimate of drug-likeness (QED) is 0.399. The largest absolute Gasteiger partial charge is 0.103 e. The lowest BCUT2D eigenvalue weighted by atomic mass is 9.96. The fourth-order valence-electron chi connectivity index (χ4n) is 1.94. The molecule has 0 bridgehead atoms. The van der Waals surface area contributed by atoms with Gasteiger partial charge in [0.15, 0.2) is 0 Å². The Kier molecular flexibility index (Phi) is 10.7. The van der Waals surface area contributed by atoms with Gasteiger partial charge in [-0.05, 0) is 50.9 Å². The van der Waals surface area contributed by atoms with Crippen LogP contribution in [0.1, 0.15) is 52.4 Å². The van der Waals surface area contributed by atoms with E-state index in [0.717, 1.165) is 18.8 Å². The molecule has 0 saturated heterocycles. The zero-order valence-corrected chi connectivity index (χ0v) is 10.3. The molecular formula is C17H28. The molecular weight excluding hydrogens is 204 g/mol. The van der Waals surface area contributed by atoms with Crippen molar-refractivity contribution in [3.05, 3.63) is 49.1 Å². The summed E-state index contributed by atoms with van der Waals surface area (Å²) in [6.45, 7) is 3.73. The van der Waals surface area contributed by atoms with Gasteiger partial charge in [0.2, 0.25) is 0 Å². The van der Waals surface area contributed by atoms with Crippen LogP contribution >= 0.6 is 0 Å². The highest BCUT2D eigenvalue weighted by Gasteiger charge is 2.02. The van der Waals surface area contributed by atoms with Crippen molar-refractivity contribution in [2.75, 3.05) is 0 Å². The second-order valence-electron chi connectivity index (χ2n) is 4.40. The van der Waals surface area contributed by atoms with E-state index in [9.17, 15) is 0 Å². The summed E-state index contributed by atoms with van der Waals surface area (Å²) < 4.78 is 0. The van der Waals surface area contributed by atoms with E-state index in [0.29, 0.717) is 0 Å². The van der Waals surface area contributed by atoms with Crippen molar-refractivity contribution < 1.29 is 0 Å². The maximum absolute atomic E-state index is 3.73. The number of rotatable bonds is 6.